The molecule has 2 aromatic rings. The standard InChI is InChI=1S/C28H34N6O4S/c1-17(2)14-18(15-35)34-24-27(38)32(16-33-20-9-5-4-8-19(20)29-30-33)13-7-11-28(24)23(26(34)37)22-21(39-28)10-6-12-31(3)25(22)36/h4-11,17-18,21-24,35H,12-16H2,1-3H3/t18-,21+,22-,23+,24?,28+/m1/s1. The first-order valence-corrected chi connectivity index (χ1v) is 14.4. The third-order valence-electron chi connectivity index (χ3n) is 8.45. The highest BCUT2D eigenvalue weighted by atomic mass is 32.2. The second-order valence-corrected chi connectivity index (χ2v) is 12.9. The van der Waals surface area contributed by atoms with Gasteiger partial charge >= 0.3 is 0 Å². The van der Waals surface area contributed by atoms with Crippen LogP contribution in [0.15, 0.2) is 48.6 Å². The van der Waals surface area contributed by atoms with Crippen molar-refractivity contribution in [3.8, 4) is 0 Å². The number of para-hydroxylation sites is 1. The maximum Gasteiger partial charge on any atom is 0.248 e. The number of aliphatic hydroxyl groups excluding tert-OH is 1. The number of aromatic nitrogens is 3. The van der Waals surface area contributed by atoms with E-state index in [-0.39, 0.29) is 42.2 Å². The van der Waals surface area contributed by atoms with Gasteiger partial charge in [0.05, 0.1) is 34.7 Å². The number of thioether (sulfide) groups is 1. The molecule has 4 aliphatic rings. The van der Waals surface area contributed by atoms with Gasteiger partial charge in [0.1, 0.15) is 18.2 Å². The minimum Gasteiger partial charge on any atom is -0.394 e. The molecule has 1 aromatic heterocycles. The second-order valence-electron chi connectivity index (χ2n) is 11.4. The van der Waals surface area contributed by atoms with Gasteiger partial charge in [0.2, 0.25) is 17.7 Å². The summed E-state index contributed by atoms with van der Waals surface area (Å²) >= 11 is 1.55. The quantitative estimate of drug-likeness (QED) is 0.543. The highest BCUT2D eigenvalue weighted by Gasteiger charge is 2.71. The topological polar surface area (TPSA) is 112 Å². The van der Waals surface area contributed by atoms with E-state index in [0.717, 1.165) is 11.0 Å². The van der Waals surface area contributed by atoms with E-state index in [1.165, 1.54) is 0 Å². The number of likely N-dealkylation sites (tertiary alicyclic amines) is 1. The van der Waals surface area contributed by atoms with Gasteiger partial charge in [-0.25, -0.2) is 4.68 Å². The molecule has 1 N–H and O–H groups in total. The first-order valence-electron chi connectivity index (χ1n) is 13.5. The Labute approximate surface area is 231 Å². The number of hydrogen-bond acceptors (Lipinski definition) is 7. The summed E-state index contributed by atoms with van der Waals surface area (Å²) in [5.74, 6) is -1.55. The molecule has 0 bridgehead atoms. The summed E-state index contributed by atoms with van der Waals surface area (Å²) in [6.45, 7) is 4.84. The maximum absolute atomic E-state index is 14.5. The number of amides is 3. The molecule has 11 heteroatoms. The summed E-state index contributed by atoms with van der Waals surface area (Å²) in [7, 11) is 1.76. The molecule has 206 valence electrons. The molecule has 6 atom stereocenters. The highest BCUT2D eigenvalue weighted by molar-refractivity contribution is 8.02. The second kappa shape index (κ2) is 9.78. The average molecular weight is 551 g/mol. The molecule has 10 nitrogen and oxygen atoms in total. The monoisotopic (exact) mass is 550 g/mol. The number of fused-ring (bicyclic) bond motifs is 3. The van der Waals surface area contributed by atoms with E-state index in [9.17, 15) is 19.5 Å². The number of nitrogens with zero attached hydrogens (tertiary/aromatic N) is 6. The first kappa shape index (κ1) is 26.1. The molecule has 4 aliphatic heterocycles. The third kappa shape index (κ3) is 4.00. The van der Waals surface area contributed by atoms with Crippen LogP contribution < -0.4 is 0 Å². The number of carbonyl (C=O) groups excluding carboxylic acids is 3. The Morgan fingerprint density at radius 3 is 2.67 bits per heavy atom. The van der Waals surface area contributed by atoms with Crippen molar-refractivity contribution in [2.24, 2.45) is 17.8 Å². The molecule has 2 fully saturated rings. The van der Waals surface area contributed by atoms with Crippen LogP contribution in [0.2, 0.25) is 0 Å². The zero-order valence-electron chi connectivity index (χ0n) is 22.4. The first-order chi connectivity index (χ1) is 18.8. The van der Waals surface area contributed by atoms with Crippen molar-refractivity contribution in [3.05, 3.63) is 48.6 Å². The van der Waals surface area contributed by atoms with Gasteiger partial charge in [-0.2, -0.15) is 0 Å². The maximum atomic E-state index is 14.5. The van der Waals surface area contributed by atoms with Crippen molar-refractivity contribution >= 4 is 40.5 Å². The zero-order valence-corrected chi connectivity index (χ0v) is 23.2. The van der Waals surface area contributed by atoms with Crippen molar-refractivity contribution in [2.75, 3.05) is 26.7 Å². The molecular formula is C28H34N6O4S. The Morgan fingerprint density at radius 2 is 1.90 bits per heavy atom. The summed E-state index contributed by atoms with van der Waals surface area (Å²) < 4.78 is 0.785. The third-order valence-corrected chi connectivity index (χ3v) is 10.2. The molecule has 6 rings (SSSR count). The average Bonchev–Trinajstić information content (AvgIpc) is 3.48. The van der Waals surface area contributed by atoms with Crippen LogP contribution in [0.25, 0.3) is 11.0 Å². The van der Waals surface area contributed by atoms with Crippen LogP contribution in [-0.2, 0) is 21.1 Å². The fraction of sp³-hybridized carbons (Fsp3) is 0.536. The summed E-state index contributed by atoms with van der Waals surface area (Å²) in [6, 6.07) is 6.21. The van der Waals surface area contributed by atoms with Crippen molar-refractivity contribution in [2.45, 2.75) is 49.0 Å². The predicted octanol–water partition coefficient (Wildman–Crippen LogP) is 1.52. The van der Waals surface area contributed by atoms with Crippen LogP contribution in [0.3, 0.4) is 0 Å². The van der Waals surface area contributed by atoms with Crippen molar-refractivity contribution < 1.29 is 19.5 Å². The Kier molecular flexibility index (Phi) is 6.53. The summed E-state index contributed by atoms with van der Waals surface area (Å²) in [5, 5.41) is 18.8. The van der Waals surface area contributed by atoms with E-state index in [2.05, 4.69) is 10.3 Å². The number of aliphatic hydroxyl groups is 1. The molecule has 5 heterocycles. The molecule has 0 radical (unpaired) electrons. The van der Waals surface area contributed by atoms with Crippen molar-refractivity contribution in [1.82, 2.24) is 29.7 Å². The van der Waals surface area contributed by atoms with Gasteiger partial charge in [0.25, 0.3) is 0 Å². The fourth-order valence-corrected chi connectivity index (χ4v) is 8.77. The number of likely N-dealkylation sites (N-methyl/N-ethyl adjacent to an activating group) is 1. The smallest absolute Gasteiger partial charge is 0.248 e. The number of hydrogen-bond donors (Lipinski definition) is 1. The van der Waals surface area contributed by atoms with E-state index < -0.39 is 28.7 Å². The predicted molar refractivity (Wildman–Crippen MR) is 147 cm³/mol. The molecule has 39 heavy (non-hydrogen) atoms. The van der Waals surface area contributed by atoms with Crippen LogP contribution in [0, 0.1) is 17.8 Å². The largest absolute Gasteiger partial charge is 0.394 e. The lowest BCUT2D eigenvalue weighted by Gasteiger charge is -2.39. The minimum absolute atomic E-state index is 0.0752. The van der Waals surface area contributed by atoms with Gasteiger partial charge in [-0.3, -0.25) is 14.4 Å². The summed E-state index contributed by atoms with van der Waals surface area (Å²) in [5.41, 5.74) is 1.55. The van der Waals surface area contributed by atoms with Crippen LogP contribution in [0.4, 0.5) is 0 Å². The van der Waals surface area contributed by atoms with E-state index in [4.69, 9.17) is 0 Å². The lowest BCUT2D eigenvalue weighted by molar-refractivity contribution is -0.147. The van der Waals surface area contributed by atoms with E-state index in [1.54, 1.807) is 38.2 Å². The minimum atomic E-state index is -0.911. The molecular weight excluding hydrogens is 516 g/mol. The lowest BCUT2D eigenvalue weighted by atomic mass is 9.78. The Morgan fingerprint density at radius 1 is 1.10 bits per heavy atom. The zero-order chi connectivity index (χ0) is 27.5. The van der Waals surface area contributed by atoms with E-state index >= 15 is 0 Å². The van der Waals surface area contributed by atoms with Gasteiger partial charge in [0.15, 0.2) is 0 Å². The molecule has 3 amide bonds. The van der Waals surface area contributed by atoms with Crippen LogP contribution in [-0.4, -0.2) is 101 Å². The molecule has 2 saturated heterocycles. The van der Waals surface area contributed by atoms with Crippen LogP contribution in [0.1, 0.15) is 20.3 Å². The van der Waals surface area contributed by atoms with Gasteiger partial charge in [-0.05, 0) is 24.5 Å². The Balaban J connectivity index is 1.44. The summed E-state index contributed by atoms with van der Waals surface area (Å²) in [4.78, 5) is 47.5. The van der Waals surface area contributed by atoms with Crippen molar-refractivity contribution in [1.29, 1.82) is 0 Å². The van der Waals surface area contributed by atoms with Gasteiger partial charge in [-0.1, -0.05) is 55.5 Å². The molecule has 1 aromatic carbocycles. The number of carbonyl (C=O) groups is 3. The normalized spacial score (nSPS) is 31.1. The highest BCUT2D eigenvalue weighted by Crippen LogP contribution is 2.61. The van der Waals surface area contributed by atoms with Crippen molar-refractivity contribution in [3.63, 3.8) is 0 Å². The van der Waals surface area contributed by atoms with Gasteiger partial charge < -0.3 is 19.8 Å². The van der Waals surface area contributed by atoms with Gasteiger partial charge in [-0.15, -0.1) is 16.9 Å². The lowest BCUT2D eigenvalue weighted by Crippen LogP contribution is -2.56. The SMILES string of the molecule is CC(C)C[C@H](CO)N1C(=O)[C@@H]2[C@@H]3C(=O)N(C)CC=C[C@@H]3S[C@@]23C=CCN(Cn2nnc4ccccc42)C(=O)C13. The fourth-order valence-electron chi connectivity index (χ4n) is 6.77. The Bertz CT molecular complexity index is 1370. The van der Waals surface area contributed by atoms with Crippen LogP contribution >= 0.6 is 11.8 Å². The molecule has 1 spiro atoms. The van der Waals surface area contributed by atoms with Crippen LogP contribution in [0.5, 0.6) is 0 Å². The number of rotatable bonds is 6. The number of benzene rings is 1. The van der Waals surface area contributed by atoms with E-state index in [1.807, 2.05) is 62.4 Å². The van der Waals surface area contributed by atoms with Gasteiger partial charge in [0, 0.05) is 25.4 Å². The molecule has 1 unspecified atom stereocenters. The molecule has 0 aliphatic carbocycles. The molecule has 0 saturated carbocycles. The van der Waals surface area contributed by atoms with E-state index in [0.29, 0.717) is 19.5 Å². The summed E-state index contributed by atoms with van der Waals surface area (Å²) in [6.07, 6.45) is 8.51. The Hall–Kier alpha value is -3.18.